The molecule has 2 aromatic rings. The van der Waals surface area contributed by atoms with E-state index in [-0.39, 0.29) is 32.5 Å². The van der Waals surface area contributed by atoms with E-state index in [1.807, 2.05) is 0 Å². The van der Waals surface area contributed by atoms with E-state index < -0.39 is 23.1 Å². The Labute approximate surface area is 136 Å². The number of halogens is 4. The maximum absolute atomic E-state index is 12.8. The van der Waals surface area contributed by atoms with Crippen molar-refractivity contribution >= 4 is 17.9 Å². The normalized spacial score (nSPS) is 11.2. The number of nitrogens with zero attached hydrogens (tertiary/aromatic N) is 3. The molecule has 0 saturated carbocycles. The maximum atomic E-state index is 12.8. The molecule has 0 unspecified atom stereocenters. The lowest BCUT2D eigenvalue weighted by Gasteiger charge is -2.15. The van der Waals surface area contributed by atoms with Gasteiger partial charge in [-0.2, -0.15) is 18.4 Å². The quantitative estimate of drug-likeness (QED) is 0.768. The number of carbonyl (C=O) groups excluding carboxylic acids is 1. The standard InChI is InChI=1S/C14H7ClF3N3O3/c1-20-11(14(16,17)18)4-12(23)21(13(20)24)10-3-8(6-22)7(5-19)2-9(10)15/h2-4,6H,1H3. The molecule has 2 rings (SSSR count). The predicted molar refractivity (Wildman–Crippen MR) is 77.4 cm³/mol. The van der Waals surface area contributed by atoms with Crippen molar-refractivity contribution in [1.29, 1.82) is 5.26 Å². The van der Waals surface area contributed by atoms with Crippen LogP contribution < -0.4 is 11.2 Å². The maximum Gasteiger partial charge on any atom is 0.431 e. The summed E-state index contributed by atoms with van der Waals surface area (Å²) in [5.41, 5.74) is -4.54. The van der Waals surface area contributed by atoms with Crippen molar-refractivity contribution in [3.05, 3.63) is 60.9 Å². The smallest absolute Gasteiger partial charge is 0.298 e. The van der Waals surface area contributed by atoms with E-state index in [1.165, 1.54) is 0 Å². The van der Waals surface area contributed by atoms with Crippen molar-refractivity contribution in [3.8, 4) is 11.8 Å². The number of aromatic nitrogens is 2. The summed E-state index contributed by atoms with van der Waals surface area (Å²) < 4.78 is 39.1. The van der Waals surface area contributed by atoms with Crippen LogP contribution in [0.5, 0.6) is 0 Å². The zero-order valence-electron chi connectivity index (χ0n) is 11.9. The molecule has 6 nitrogen and oxygen atoms in total. The van der Waals surface area contributed by atoms with E-state index in [0.29, 0.717) is 10.9 Å². The summed E-state index contributed by atoms with van der Waals surface area (Å²) in [7, 11) is 0.847. The minimum Gasteiger partial charge on any atom is -0.298 e. The summed E-state index contributed by atoms with van der Waals surface area (Å²) in [6.45, 7) is 0. The summed E-state index contributed by atoms with van der Waals surface area (Å²) in [4.78, 5) is 35.2. The van der Waals surface area contributed by atoms with Crippen molar-refractivity contribution in [1.82, 2.24) is 9.13 Å². The highest BCUT2D eigenvalue weighted by Crippen LogP contribution is 2.27. The minimum absolute atomic E-state index is 0.101. The third-order valence-electron chi connectivity index (χ3n) is 3.22. The average molecular weight is 358 g/mol. The molecule has 0 atom stereocenters. The Kier molecular flexibility index (Phi) is 4.36. The van der Waals surface area contributed by atoms with Gasteiger partial charge in [-0.05, 0) is 12.1 Å². The summed E-state index contributed by atoms with van der Waals surface area (Å²) in [5, 5.41) is 8.65. The first-order chi connectivity index (χ1) is 11.1. The van der Waals surface area contributed by atoms with Gasteiger partial charge in [0.05, 0.1) is 22.3 Å². The lowest BCUT2D eigenvalue weighted by Crippen LogP contribution is -2.40. The number of benzene rings is 1. The Balaban J connectivity index is 2.88. The molecule has 24 heavy (non-hydrogen) atoms. The third kappa shape index (κ3) is 2.83. The predicted octanol–water partition coefficient (Wildman–Crippen LogP) is 1.89. The molecular formula is C14H7ClF3N3O3. The molecule has 124 valence electrons. The van der Waals surface area contributed by atoms with E-state index in [1.54, 1.807) is 6.07 Å². The van der Waals surface area contributed by atoms with Crippen molar-refractivity contribution in [2.24, 2.45) is 7.05 Å². The first-order valence-electron chi connectivity index (χ1n) is 6.21. The molecular weight excluding hydrogens is 351 g/mol. The van der Waals surface area contributed by atoms with Crippen LogP contribution in [0.1, 0.15) is 21.6 Å². The molecule has 0 aliphatic carbocycles. The van der Waals surface area contributed by atoms with Crippen molar-refractivity contribution in [3.63, 3.8) is 0 Å². The van der Waals surface area contributed by atoms with Gasteiger partial charge >= 0.3 is 11.9 Å². The first kappa shape index (κ1) is 17.5. The Morgan fingerprint density at radius 3 is 2.38 bits per heavy atom. The topological polar surface area (TPSA) is 84.9 Å². The number of rotatable bonds is 2. The zero-order chi connectivity index (χ0) is 18.2. The fraction of sp³-hybridized carbons (Fsp3) is 0.143. The van der Waals surface area contributed by atoms with Gasteiger partial charge in [0.25, 0.3) is 5.56 Å². The zero-order valence-corrected chi connectivity index (χ0v) is 12.6. The number of hydrogen-bond acceptors (Lipinski definition) is 4. The van der Waals surface area contributed by atoms with Crippen molar-refractivity contribution in [2.45, 2.75) is 6.18 Å². The van der Waals surface area contributed by atoms with Crippen LogP contribution in [0, 0.1) is 11.3 Å². The van der Waals surface area contributed by atoms with Gasteiger partial charge in [-0.15, -0.1) is 0 Å². The molecule has 0 fully saturated rings. The van der Waals surface area contributed by atoms with Gasteiger partial charge in [0.1, 0.15) is 5.69 Å². The highest BCUT2D eigenvalue weighted by molar-refractivity contribution is 6.32. The SMILES string of the molecule is Cn1c(C(F)(F)F)cc(=O)n(-c2cc(C=O)c(C#N)cc2Cl)c1=O. The lowest BCUT2D eigenvalue weighted by atomic mass is 10.1. The van der Waals surface area contributed by atoms with E-state index in [9.17, 15) is 27.6 Å². The molecule has 0 saturated heterocycles. The van der Waals surface area contributed by atoms with E-state index in [2.05, 4.69) is 0 Å². The van der Waals surface area contributed by atoms with Gasteiger partial charge in [-0.3, -0.25) is 14.2 Å². The van der Waals surface area contributed by atoms with E-state index in [0.717, 1.165) is 19.2 Å². The average Bonchev–Trinajstić information content (AvgIpc) is 2.50. The van der Waals surface area contributed by atoms with Gasteiger partial charge in [-0.1, -0.05) is 11.6 Å². The van der Waals surface area contributed by atoms with Gasteiger partial charge < -0.3 is 0 Å². The monoisotopic (exact) mass is 357 g/mol. The molecule has 0 N–H and O–H groups in total. The highest BCUT2D eigenvalue weighted by atomic mass is 35.5. The molecule has 0 aliphatic rings. The number of carbonyl (C=O) groups is 1. The fourth-order valence-corrected chi connectivity index (χ4v) is 2.31. The molecule has 1 heterocycles. The van der Waals surface area contributed by atoms with Gasteiger partial charge in [-0.25, -0.2) is 9.36 Å². The van der Waals surface area contributed by atoms with Gasteiger partial charge in [0, 0.05) is 18.7 Å². The summed E-state index contributed by atoms with van der Waals surface area (Å²) in [6, 6.07) is 3.98. The van der Waals surface area contributed by atoms with Crippen LogP contribution in [0.3, 0.4) is 0 Å². The van der Waals surface area contributed by atoms with Crippen LogP contribution in [0.25, 0.3) is 5.69 Å². The second kappa shape index (κ2) is 5.98. The van der Waals surface area contributed by atoms with Gasteiger partial charge in [0.2, 0.25) is 0 Å². The number of alkyl halides is 3. The van der Waals surface area contributed by atoms with Crippen LogP contribution in [0.4, 0.5) is 13.2 Å². The van der Waals surface area contributed by atoms with Crippen molar-refractivity contribution < 1.29 is 18.0 Å². The molecule has 0 spiro atoms. The first-order valence-corrected chi connectivity index (χ1v) is 6.59. The number of hydrogen-bond donors (Lipinski definition) is 0. The minimum atomic E-state index is -4.89. The third-order valence-corrected chi connectivity index (χ3v) is 3.52. The molecule has 0 amide bonds. The van der Waals surface area contributed by atoms with Crippen LogP contribution >= 0.6 is 11.6 Å². The number of nitriles is 1. The Hall–Kier alpha value is -2.86. The second-order valence-corrected chi connectivity index (χ2v) is 5.07. The molecule has 1 aromatic heterocycles. The van der Waals surface area contributed by atoms with Crippen LogP contribution in [-0.2, 0) is 13.2 Å². The van der Waals surface area contributed by atoms with Crippen LogP contribution in [0.15, 0.2) is 27.8 Å². The molecule has 10 heteroatoms. The van der Waals surface area contributed by atoms with E-state index in [4.69, 9.17) is 16.9 Å². The second-order valence-electron chi connectivity index (χ2n) is 4.66. The molecule has 0 aliphatic heterocycles. The lowest BCUT2D eigenvalue weighted by molar-refractivity contribution is -0.144. The summed E-state index contributed by atoms with van der Waals surface area (Å²) in [6.07, 6.45) is -4.59. The molecule has 0 radical (unpaired) electrons. The molecule has 0 bridgehead atoms. The molecule has 1 aromatic carbocycles. The Morgan fingerprint density at radius 2 is 1.88 bits per heavy atom. The number of aldehydes is 1. The van der Waals surface area contributed by atoms with Gasteiger partial charge in [0.15, 0.2) is 6.29 Å². The summed E-state index contributed by atoms with van der Waals surface area (Å²) in [5.74, 6) is 0. The van der Waals surface area contributed by atoms with Crippen LogP contribution in [-0.4, -0.2) is 15.4 Å². The van der Waals surface area contributed by atoms with E-state index >= 15 is 0 Å². The van der Waals surface area contributed by atoms with Crippen LogP contribution in [0.2, 0.25) is 5.02 Å². The van der Waals surface area contributed by atoms with Crippen molar-refractivity contribution in [2.75, 3.05) is 0 Å². The largest absolute Gasteiger partial charge is 0.431 e. The fourth-order valence-electron chi connectivity index (χ4n) is 2.06. The highest BCUT2D eigenvalue weighted by Gasteiger charge is 2.35. The summed E-state index contributed by atoms with van der Waals surface area (Å²) >= 11 is 5.90. The Bertz CT molecular complexity index is 1000. The Morgan fingerprint density at radius 1 is 1.25 bits per heavy atom.